The van der Waals surface area contributed by atoms with Crippen molar-refractivity contribution in [2.45, 2.75) is 19.9 Å². The fraction of sp³-hybridized carbons (Fsp3) is 0.143. The third kappa shape index (κ3) is 5.98. The van der Waals surface area contributed by atoms with Crippen LogP contribution in [-0.2, 0) is 11.3 Å². The molecule has 0 saturated carbocycles. The Bertz CT molecular complexity index is 1180. The molecule has 1 heterocycles. The molecule has 0 aliphatic rings. The molecule has 0 fully saturated rings. The normalized spacial score (nSPS) is 10.9. The van der Waals surface area contributed by atoms with Crippen molar-refractivity contribution in [3.05, 3.63) is 114 Å². The summed E-state index contributed by atoms with van der Waals surface area (Å²) in [5.74, 6) is 1.04. The second-order valence-electron chi connectivity index (χ2n) is 7.54. The topological polar surface area (TPSA) is 55.0 Å². The number of anilines is 1. The summed E-state index contributed by atoms with van der Waals surface area (Å²) in [7, 11) is 0. The quantitative estimate of drug-likeness (QED) is 0.169. The molecule has 4 aromatic rings. The van der Waals surface area contributed by atoms with Gasteiger partial charge >= 0.3 is 5.97 Å². The van der Waals surface area contributed by atoms with Crippen LogP contribution >= 0.6 is 0 Å². The fourth-order valence-electron chi connectivity index (χ4n) is 3.31. The minimum atomic E-state index is -0.310. The highest BCUT2D eigenvalue weighted by Gasteiger charge is 2.10. The number of ether oxygens (including phenoxy) is 1. The summed E-state index contributed by atoms with van der Waals surface area (Å²) < 4.78 is 11.2. The minimum absolute atomic E-state index is 0.310. The summed E-state index contributed by atoms with van der Waals surface area (Å²) in [4.78, 5) is 12.0. The molecule has 3 aromatic carbocycles. The van der Waals surface area contributed by atoms with E-state index in [2.05, 4.69) is 17.2 Å². The Balaban J connectivity index is 1.49. The van der Waals surface area contributed by atoms with Gasteiger partial charge in [-0.05, 0) is 48.4 Å². The molecule has 5 heteroatoms. The Kier molecular flexibility index (Phi) is 7.33. The molecular formula is C28H26N2O3. The second kappa shape index (κ2) is 11.0. The Morgan fingerprint density at radius 3 is 2.30 bits per heavy atom. The number of hydrogen-bond donors (Lipinski definition) is 0. The number of para-hydroxylation sites is 1. The Labute approximate surface area is 193 Å². The van der Waals surface area contributed by atoms with Gasteiger partial charge in [0.1, 0.15) is 11.5 Å². The van der Waals surface area contributed by atoms with Gasteiger partial charge in [-0.1, -0.05) is 67.6 Å². The molecule has 33 heavy (non-hydrogen) atoms. The maximum atomic E-state index is 12.0. The molecule has 0 radical (unpaired) electrons. The van der Waals surface area contributed by atoms with Crippen molar-refractivity contribution in [1.29, 1.82) is 0 Å². The van der Waals surface area contributed by atoms with Gasteiger partial charge in [-0.3, -0.25) is 5.01 Å². The Morgan fingerprint density at radius 1 is 0.909 bits per heavy atom. The second-order valence-corrected chi connectivity index (χ2v) is 7.54. The van der Waals surface area contributed by atoms with Crippen molar-refractivity contribution in [3.63, 3.8) is 0 Å². The Morgan fingerprint density at radius 2 is 1.61 bits per heavy atom. The first-order valence-electron chi connectivity index (χ1n) is 11.0. The molecule has 0 unspecified atom stereocenters. The van der Waals surface area contributed by atoms with E-state index in [1.54, 1.807) is 18.3 Å². The summed E-state index contributed by atoms with van der Waals surface area (Å²) in [5.41, 5.74) is 3.57. The van der Waals surface area contributed by atoms with Crippen LogP contribution < -0.4 is 5.01 Å². The van der Waals surface area contributed by atoms with Gasteiger partial charge in [0, 0.05) is 5.56 Å². The maximum absolute atomic E-state index is 12.0. The van der Waals surface area contributed by atoms with Crippen LogP contribution in [0.3, 0.4) is 0 Å². The van der Waals surface area contributed by atoms with E-state index in [0.29, 0.717) is 30.2 Å². The lowest BCUT2D eigenvalue weighted by Crippen LogP contribution is -2.15. The first-order valence-corrected chi connectivity index (χ1v) is 11.0. The number of carbonyl (C=O) groups excluding carboxylic acids is 1. The van der Waals surface area contributed by atoms with E-state index < -0.39 is 0 Å². The average molecular weight is 439 g/mol. The number of hydrazone groups is 1. The number of furan rings is 1. The van der Waals surface area contributed by atoms with E-state index in [0.717, 1.165) is 23.2 Å². The van der Waals surface area contributed by atoms with E-state index in [1.165, 1.54) is 0 Å². The predicted octanol–water partition coefficient (Wildman–Crippen LogP) is 6.55. The molecule has 166 valence electrons. The zero-order chi connectivity index (χ0) is 22.9. The lowest BCUT2D eigenvalue weighted by atomic mass is 10.1. The molecule has 0 N–H and O–H groups in total. The van der Waals surface area contributed by atoms with Crippen molar-refractivity contribution < 1.29 is 13.9 Å². The number of rotatable bonds is 9. The highest BCUT2D eigenvalue weighted by atomic mass is 16.5. The minimum Gasteiger partial charge on any atom is -0.462 e. The molecule has 5 nitrogen and oxygen atoms in total. The van der Waals surface area contributed by atoms with Gasteiger partial charge in [-0.2, -0.15) is 5.10 Å². The van der Waals surface area contributed by atoms with Gasteiger partial charge in [-0.15, -0.1) is 0 Å². The zero-order valence-electron chi connectivity index (χ0n) is 18.6. The van der Waals surface area contributed by atoms with Crippen LogP contribution in [0.1, 0.15) is 35.0 Å². The first kappa shape index (κ1) is 22.1. The lowest BCUT2D eigenvalue weighted by molar-refractivity contribution is 0.0505. The van der Waals surface area contributed by atoms with Crippen molar-refractivity contribution in [2.24, 2.45) is 5.10 Å². The number of benzene rings is 3. The highest BCUT2D eigenvalue weighted by molar-refractivity contribution is 5.90. The summed E-state index contributed by atoms with van der Waals surface area (Å²) in [6.45, 7) is 3.03. The van der Waals surface area contributed by atoms with Crippen LogP contribution in [0.4, 0.5) is 5.69 Å². The van der Waals surface area contributed by atoms with E-state index in [1.807, 2.05) is 84.7 Å². The van der Waals surface area contributed by atoms with Crippen LogP contribution in [-0.4, -0.2) is 18.8 Å². The van der Waals surface area contributed by atoms with Crippen LogP contribution in [0.2, 0.25) is 0 Å². The predicted molar refractivity (Wildman–Crippen MR) is 131 cm³/mol. The standard InChI is InChI=1S/C28H26N2O3/c1-2-19-32-28(31)24-15-13-23(14-16-24)27-18-17-26(33-27)20-29-30(25-11-7-4-8-12-25)21-22-9-5-3-6-10-22/h3-18,20H,2,19,21H2,1H3. The lowest BCUT2D eigenvalue weighted by Gasteiger charge is -2.19. The van der Waals surface area contributed by atoms with Crippen LogP contribution in [0.25, 0.3) is 11.3 Å². The van der Waals surface area contributed by atoms with E-state index >= 15 is 0 Å². The average Bonchev–Trinajstić information content (AvgIpc) is 3.35. The monoisotopic (exact) mass is 438 g/mol. The number of nitrogens with zero attached hydrogens (tertiary/aromatic N) is 2. The van der Waals surface area contributed by atoms with Crippen LogP contribution in [0.5, 0.6) is 0 Å². The molecule has 0 aliphatic heterocycles. The molecular weight excluding hydrogens is 412 g/mol. The molecule has 0 spiro atoms. The maximum Gasteiger partial charge on any atom is 0.338 e. The van der Waals surface area contributed by atoms with Gasteiger partial charge in [-0.25, -0.2) is 4.79 Å². The smallest absolute Gasteiger partial charge is 0.338 e. The van der Waals surface area contributed by atoms with E-state index in [4.69, 9.17) is 9.15 Å². The van der Waals surface area contributed by atoms with Gasteiger partial charge in [0.05, 0.1) is 30.6 Å². The molecule has 0 amide bonds. The number of hydrogen-bond acceptors (Lipinski definition) is 5. The molecule has 0 bridgehead atoms. The third-order valence-electron chi connectivity index (χ3n) is 5.02. The number of carbonyl (C=O) groups is 1. The van der Waals surface area contributed by atoms with Crippen molar-refractivity contribution in [2.75, 3.05) is 11.6 Å². The van der Waals surface area contributed by atoms with Crippen molar-refractivity contribution in [1.82, 2.24) is 0 Å². The van der Waals surface area contributed by atoms with E-state index in [-0.39, 0.29) is 5.97 Å². The summed E-state index contributed by atoms with van der Waals surface area (Å²) >= 11 is 0. The van der Waals surface area contributed by atoms with Gasteiger partial charge in [0.25, 0.3) is 0 Å². The molecule has 0 aliphatic carbocycles. The fourth-order valence-corrected chi connectivity index (χ4v) is 3.31. The molecule has 0 atom stereocenters. The summed E-state index contributed by atoms with van der Waals surface area (Å²) in [6.07, 6.45) is 2.52. The van der Waals surface area contributed by atoms with Gasteiger partial charge in [0.2, 0.25) is 0 Å². The van der Waals surface area contributed by atoms with Crippen LogP contribution in [0.15, 0.2) is 107 Å². The first-order chi connectivity index (χ1) is 16.2. The molecule has 0 saturated heterocycles. The van der Waals surface area contributed by atoms with Crippen molar-refractivity contribution in [3.8, 4) is 11.3 Å². The van der Waals surface area contributed by atoms with Crippen LogP contribution in [0, 0.1) is 0 Å². The summed E-state index contributed by atoms with van der Waals surface area (Å²) in [5, 5.41) is 6.62. The third-order valence-corrected chi connectivity index (χ3v) is 5.02. The molecule has 1 aromatic heterocycles. The highest BCUT2D eigenvalue weighted by Crippen LogP contribution is 2.23. The number of esters is 1. The zero-order valence-corrected chi connectivity index (χ0v) is 18.6. The Hall–Kier alpha value is -4.12. The van der Waals surface area contributed by atoms with Gasteiger partial charge < -0.3 is 9.15 Å². The van der Waals surface area contributed by atoms with E-state index in [9.17, 15) is 4.79 Å². The SMILES string of the molecule is CCCOC(=O)c1ccc(-c2ccc(C=NN(Cc3ccccc3)c3ccccc3)o2)cc1. The molecule has 4 rings (SSSR count). The summed E-state index contributed by atoms with van der Waals surface area (Å²) in [6, 6.07) is 31.2. The largest absolute Gasteiger partial charge is 0.462 e. The van der Waals surface area contributed by atoms with Crippen molar-refractivity contribution >= 4 is 17.9 Å². The van der Waals surface area contributed by atoms with Gasteiger partial charge in [0.15, 0.2) is 0 Å².